The standard InChI is InChI=1S/C14H11NO2/c16-14(17)12-9-15-8-4-3-7-13(15)11-6-2-1-5-10(11)12/h1-7,9H,8H2,(H,16,17). The van der Waals surface area contributed by atoms with Crippen molar-refractivity contribution in [2.75, 3.05) is 6.54 Å². The first kappa shape index (κ1) is 9.90. The summed E-state index contributed by atoms with van der Waals surface area (Å²) in [6.45, 7) is 0.719. The van der Waals surface area contributed by atoms with Gasteiger partial charge in [-0.15, -0.1) is 0 Å². The molecule has 84 valence electrons. The number of hydrogen-bond acceptors (Lipinski definition) is 2. The number of carbonyl (C=O) groups is 1. The number of nitrogens with zero attached hydrogens (tertiary/aromatic N) is 1. The van der Waals surface area contributed by atoms with Crippen molar-refractivity contribution in [2.45, 2.75) is 0 Å². The monoisotopic (exact) mass is 225 g/mol. The SMILES string of the molecule is O=C(O)C1=CN2CC=CC=C2c2ccccc21. The van der Waals surface area contributed by atoms with E-state index in [1.165, 1.54) is 0 Å². The average Bonchev–Trinajstić information content (AvgIpc) is 2.37. The van der Waals surface area contributed by atoms with E-state index < -0.39 is 5.97 Å². The second kappa shape index (κ2) is 3.63. The van der Waals surface area contributed by atoms with Gasteiger partial charge in [0.05, 0.1) is 5.57 Å². The highest BCUT2D eigenvalue weighted by atomic mass is 16.4. The van der Waals surface area contributed by atoms with Crippen LogP contribution in [-0.4, -0.2) is 22.5 Å². The molecule has 0 amide bonds. The molecule has 0 radical (unpaired) electrons. The van der Waals surface area contributed by atoms with Gasteiger partial charge >= 0.3 is 5.97 Å². The van der Waals surface area contributed by atoms with Crippen LogP contribution < -0.4 is 0 Å². The lowest BCUT2D eigenvalue weighted by molar-refractivity contribution is -0.130. The number of carboxylic acids is 1. The Hall–Kier alpha value is -2.29. The minimum atomic E-state index is -0.883. The lowest BCUT2D eigenvalue weighted by Gasteiger charge is -2.31. The molecular formula is C14H11NO2. The fourth-order valence-corrected chi connectivity index (χ4v) is 2.23. The lowest BCUT2D eigenvalue weighted by Crippen LogP contribution is -2.24. The van der Waals surface area contributed by atoms with Crippen molar-refractivity contribution in [3.8, 4) is 0 Å². The van der Waals surface area contributed by atoms with Gasteiger partial charge in [0, 0.05) is 24.0 Å². The third-order valence-corrected chi connectivity index (χ3v) is 3.01. The molecule has 0 atom stereocenters. The topological polar surface area (TPSA) is 40.5 Å². The van der Waals surface area contributed by atoms with Crippen molar-refractivity contribution in [3.63, 3.8) is 0 Å². The summed E-state index contributed by atoms with van der Waals surface area (Å²) in [5.41, 5.74) is 3.19. The van der Waals surface area contributed by atoms with E-state index >= 15 is 0 Å². The van der Waals surface area contributed by atoms with Crippen LogP contribution in [0.4, 0.5) is 0 Å². The first-order chi connectivity index (χ1) is 8.27. The van der Waals surface area contributed by atoms with Crippen molar-refractivity contribution >= 4 is 17.2 Å². The molecule has 1 aromatic carbocycles. The van der Waals surface area contributed by atoms with E-state index in [9.17, 15) is 9.90 Å². The Morgan fingerprint density at radius 2 is 2.00 bits per heavy atom. The van der Waals surface area contributed by atoms with Crippen molar-refractivity contribution < 1.29 is 9.90 Å². The van der Waals surface area contributed by atoms with Gasteiger partial charge in [0.15, 0.2) is 0 Å². The second-order valence-electron chi connectivity index (χ2n) is 4.03. The molecule has 1 N–H and O–H groups in total. The Morgan fingerprint density at radius 3 is 2.76 bits per heavy atom. The van der Waals surface area contributed by atoms with Crippen LogP contribution in [0.5, 0.6) is 0 Å². The van der Waals surface area contributed by atoms with Crippen molar-refractivity contribution in [3.05, 3.63) is 59.8 Å². The Labute approximate surface area is 99.0 Å². The van der Waals surface area contributed by atoms with E-state index in [0.29, 0.717) is 5.57 Å². The van der Waals surface area contributed by atoms with Gasteiger partial charge in [0.1, 0.15) is 0 Å². The highest BCUT2D eigenvalue weighted by molar-refractivity contribution is 6.17. The highest BCUT2D eigenvalue weighted by Crippen LogP contribution is 2.35. The van der Waals surface area contributed by atoms with Crippen molar-refractivity contribution in [1.82, 2.24) is 4.90 Å². The molecule has 0 aromatic heterocycles. The summed E-state index contributed by atoms with van der Waals surface area (Å²) >= 11 is 0. The summed E-state index contributed by atoms with van der Waals surface area (Å²) in [7, 11) is 0. The number of benzene rings is 1. The summed E-state index contributed by atoms with van der Waals surface area (Å²) in [4.78, 5) is 13.2. The maximum absolute atomic E-state index is 11.3. The third-order valence-electron chi connectivity index (χ3n) is 3.01. The molecule has 3 rings (SSSR count). The molecule has 1 aromatic rings. The molecule has 0 fully saturated rings. The van der Waals surface area contributed by atoms with E-state index in [0.717, 1.165) is 23.4 Å². The summed E-state index contributed by atoms with van der Waals surface area (Å²) in [6.07, 6.45) is 7.73. The molecule has 0 aliphatic carbocycles. The molecular weight excluding hydrogens is 214 g/mol. The van der Waals surface area contributed by atoms with Gasteiger partial charge in [-0.1, -0.05) is 36.4 Å². The number of allylic oxidation sites excluding steroid dienone is 2. The van der Waals surface area contributed by atoms with Gasteiger partial charge in [-0.3, -0.25) is 0 Å². The van der Waals surface area contributed by atoms with Crippen LogP contribution in [-0.2, 0) is 4.79 Å². The van der Waals surface area contributed by atoms with E-state index in [1.54, 1.807) is 6.20 Å². The largest absolute Gasteiger partial charge is 0.478 e. The van der Waals surface area contributed by atoms with Gasteiger partial charge in [-0.05, 0) is 11.6 Å². The molecule has 17 heavy (non-hydrogen) atoms. The first-order valence-corrected chi connectivity index (χ1v) is 5.46. The van der Waals surface area contributed by atoms with Crippen LogP contribution in [0.1, 0.15) is 11.1 Å². The zero-order chi connectivity index (χ0) is 11.8. The summed E-state index contributed by atoms with van der Waals surface area (Å²) in [5.74, 6) is -0.883. The predicted molar refractivity (Wildman–Crippen MR) is 65.9 cm³/mol. The molecule has 0 spiro atoms. The Balaban J connectivity index is 2.25. The fourth-order valence-electron chi connectivity index (χ4n) is 2.23. The van der Waals surface area contributed by atoms with Gasteiger partial charge in [-0.2, -0.15) is 0 Å². The fraction of sp³-hybridized carbons (Fsp3) is 0.0714. The number of carboxylic acid groups (broad SMARTS) is 1. The molecule has 2 heterocycles. The smallest absolute Gasteiger partial charge is 0.337 e. The summed E-state index contributed by atoms with van der Waals surface area (Å²) in [6, 6.07) is 7.61. The quantitative estimate of drug-likeness (QED) is 0.797. The van der Waals surface area contributed by atoms with Crippen LogP contribution in [0.15, 0.2) is 48.7 Å². The van der Waals surface area contributed by atoms with Crippen LogP contribution in [0.3, 0.4) is 0 Å². The maximum atomic E-state index is 11.3. The van der Waals surface area contributed by atoms with E-state index in [2.05, 4.69) is 0 Å². The average molecular weight is 225 g/mol. The van der Waals surface area contributed by atoms with Gasteiger partial charge < -0.3 is 10.0 Å². The minimum Gasteiger partial charge on any atom is -0.478 e. The molecule has 0 unspecified atom stereocenters. The predicted octanol–water partition coefficient (Wildman–Crippen LogP) is 2.34. The molecule has 0 saturated heterocycles. The zero-order valence-corrected chi connectivity index (χ0v) is 9.13. The van der Waals surface area contributed by atoms with E-state index in [4.69, 9.17) is 0 Å². The molecule has 3 heteroatoms. The molecule has 3 nitrogen and oxygen atoms in total. The molecule has 2 aliphatic rings. The van der Waals surface area contributed by atoms with Crippen LogP contribution in [0.2, 0.25) is 0 Å². The Morgan fingerprint density at radius 1 is 1.24 bits per heavy atom. The molecule has 2 aliphatic heterocycles. The highest BCUT2D eigenvalue weighted by Gasteiger charge is 2.25. The van der Waals surface area contributed by atoms with E-state index in [1.807, 2.05) is 47.4 Å². The normalized spacial score (nSPS) is 16.8. The van der Waals surface area contributed by atoms with Gasteiger partial charge in [-0.25, -0.2) is 4.79 Å². The van der Waals surface area contributed by atoms with Crippen LogP contribution in [0, 0.1) is 0 Å². The number of hydrogen-bond donors (Lipinski definition) is 1. The molecule has 0 saturated carbocycles. The number of fused-ring (bicyclic) bond motifs is 3. The number of rotatable bonds is 1. The van der Waals surface area contributed by atoms with Crippen molar-refractivity contribution in [2.24, 2.45) is 0 Å². The number of aliphatic carboxylic acids is 1. The van der Waals surface area contributed by atoms with Crippen molar-refractivity contribution in [1.29, 1.82) is 0 Å². The van der Waals surface area contributed by atoms with Crippen LogP contribution in [0.25, 0.3) is 11.3 Å². The Kier molecular flexibility index (Phi) is 2.11. The van der Waals surface area contributed by atoms with Crippen LogP contribution >= 0.6 is 0 Å². The maximum Gasteiger partial charge on any atom is 0.337 e. The third kappa shape index (κ3) is 1.47. The minimum absolute atomic E-state index is 0.355. The summed E-state index contributed by atoms with van der Waals surface area (Å²) in [5, 5.41) is 9.24. The first-order valence-electron chi connectivity index (χ1n) is 5.46. The van der Waals surface area contributed by atoms with Gasteiger partial charge in [0.2, 0.25) is 0 Å². The lowest BCUT2D eigenvalue weighted by atomic mass is 9.93. The second-order valence-corrected chi connectivity index (χ2v) is 4.03. The molecule has 0 bridgehead atoms. The summed E-state index contributed by atoms with van der Waals surface area (Å²) < 4.78 is 0. The zero-order valence-electron chi connectivity index (χ0n) is 9.13. The van der Waals surface area contributed by atoms with E-state index in [-0.39, 0.29) is 0 Å². The Bertz CT molecular complexity index is 582. The van der Waals surface area contributed by atoms with Gasteiger partial charge in [0.25, 0.3) is 0 Å².